The Bertz CT molecular complexity index is 631. The summed E-state index contributed by atoms with van der Waals surface area (Å²) in [5, 5.41) is 6.85. The number of hydrogen-bond donors (Lipinski definition) is 3. The number of rotatable bonds is 5. The number of aromatic amines is 1. The van der Waals surface area contributed by atoms with Crippen molar-refractivity contribution in [1.29, 1.82) is 0 Å². The van der Waals surface area contributed by atoms with E-state index in [-0.39, 0.29) is 18.1 Å². The Hall–Kier alpha value is -1.29. The number of aromatic nitrogens is 3. The molecule has 0 radical (unpaired) electrons. The molecule has 2 aromatic heterocycles. The van der Waals surface area contributed by atoms with E-state index in [4.69, 9.17) is 5.73 Å². The third-order valence-corrected chi connectivity index (χ3v) is 4.58. The Morgan fingerprint density at radius 2 is 2.28 bits per heavy atom. The first-order valence-electron chi connectivity index (χ1n) is 5.16. The molecule has 2 aromatic rings. The predicted octanol–water partition coefficient (Wildman–Crippen LogP) is 0.112. The van der Waals surface area contributed by atoms with Crippen molar-refractivity contribution in [2.75, 3.05) is 0 Å². The fraction of sp³-hybridized carbons (Fsp3) is 0.333. The van der Waals surface area contributed by atoms with Crippen LogP contribution in [0.2, 0.25) is 0 Å². The third kappa shape index (κ3) is 2.75. The minimum absolute atomic E-state index is 0.0123. The highest BCUT2D eigenvalue weighted by molar-refractivity contribution is 7.89. The van der Waals surface area contributed by atoms with E-state index in [0.29, 0.717) is 10.6 Å². The molecule has 2 heterocycles. The molecule has 0 saturated carbocycles. The van der Waals surface area contributed by atoms with Gasteiger partial charge in [0.25, 0.3) is 10.0 Å². The topological polar surface area (TPSA) is 114 Å². The molecule has 7 nitrogen and oxygen atoms in total. The molecule has 0 aliphatic rings. The van der Waals surface area contributed by atoms with Crippen LogP contribution in [0.15, 0.2) is 17.4 Å². The van der Waals surface area contributed by atoms with E-state index < -0.39 is 10.0 Å². The van der Waals surface area contributed by atoms with Crippen LogP contribution in [-0.4, -0.2) is 23.6 Å². The largest absolute Gasteiger partial charge is 0.326 e. The first-order valence-corrected chi connectivity index (χ1v) is 7.46. The van der Waals surface area contributed by atoms with Crippen molar-refractivity contribution < 1.29 is 8.42 Å². The molecular weight excluding hydrogens is 274 g/mol. The quantitative estimate of drug-likeness (QED) is 0.722. The number of H-pyrrole nitrogens is 1. The number of nitrogens with one attached hydrogen (secondary N) is 2. The summed E-state index contributed by atoms with van der Waals surface area (Å²) in [6, 6.07) is 0. The third-order valence-electron chi connectivity index (χ3n) is 2.25. The van der Waals surface area contributed by atoms with E-state index in [1.807, 2.05) is 6.92 Å². The first-order chi connectivity index (χ1) is 8.53. The number of aryl methyl sites for hydroxylation is 1. The van der Waals surface area contributed by atoms with Gasteiger partial charge in [0.1, 0.15) is 5.01 Å². The maximum atomic E-state index is 12.0. The monoisotopic (exact) mass is 287 g/mol. The second kappa shape index (κ2) is 5.14. The van der Waals surface area contributed by atoms with Crippen molar-refractivity contribution in [1.82, 2.24) is 19.9 Å². The van der Waals surface area contributed by atoms with Crippen molar-refractivity contribution in [3.63, 3.8) is 0 Å². The summed E-state index contributed by atoms with van der Waals surface area (Å²) in [6.45, 7) is 2.18. The van der Waals surface area contributed by atoms with Crippen LogP contribution in [0.25, 0.3) is 0 Å². The molecule has 0 bridgehead atoms. The maximum Gasteiger partial charge on any atom is 0.258 e. The molecule has 0 aliphatic carbocycles. The van der Waals surface area contributed by atoms with Crippen LogP contribution in [0.3, 0.4) is 0 Å². The highest BCUT2D eigenvalue weighted by atomic mass is 32.2. The summed E-state index contributed by atoms with van der Waals surface area (Å²) in [7, 11) is -3.63. The number of nitrogens with two attached hydrogens (primary N) is 1. The standard InChI is InChI=1S/C9H13N5O2S2/c1-6-3-11-8(17-6)5-13-18(15,16)9-7(2-10)4-12-14-9/h3-4,13H,2,5,10H2,1H3,(H,12,14). The van der Waals surface area contributed by atoms with Crippen molar-refractivity contribution in [3.8, 4) is 0 Å². The summed E-state index contributed by atoms with van der Waals surface area (Å²) in [5.74, 6) is 0. The molecule has 9 heteroatoms. The Morgan fingerprint density at radius 3 is 2.89 bits per heavy atom. The number of nitrogens with zero attached hydrogens (tertiary/aromatic N) is 2. The van der Waals surface area contributed by atoms with Gasteiger partial charge in [-0.15, -0.1) is 11.3 Å². The van der Waals surface area contributed by atoms with E-state index in [1.165, 1.54) is 17.5 Å². The zero-order chi connectivity index (χ0) is 13.2. The van der Waals surface area contributed by atoms with Crippen molar-refractivity contribution in [2.24, 2.45) is 5.73 Å². The van der Waals surface area contributed by atoms with Crippen molar-refractivity contribution >= 4 is 21.4 Å². The van der Waals surface area contributed by atoms with Crippen molar-refractivity contribution in [3.05, 3.63) is 27.8 Å². The lowest BCUT2D eigenvalue weighted by molar-refractivity contribution is 0.575. The van der Waals surface area contributed by atoms with E-state index in [1.54, 1.807) is 6.20 Å². The van der Waals surface area contributed by atoms with E-state index in [2.05, 4.69) is 19.9 Å². The molecule has 0 saturated heterocycles. The molecule has 0 aliphatic heterocycles. The van der Waals surface area contributed by atoms with Crippen LogP contribution in [0.4, 0.5) is 0 Å². The maximum absolute atomic E-state index is 12.0. The Kier molecular flexibility index (Phi) is 3.76. The summed E-state index contributed by atoms with van der Waals surface area (Å²) >= 11 is 1.45. The first kappa shape index (κ1) is 13.1. The average molecular weight is 287 g/mol. The van der Waals surface area contributed by atoms with Crippen LogP contribution in [0, 0.1) is 6.92 Å². The molecule has 0 spiro atoms. The van der Waals surface area contributed by atoms with Gasteiger partial charge in [-0.3, -0.25) is 5.10 Å². The predicted molar refractivity (Wildman–Crippen MR) is 67.4 cm³/mol. The Labute approximate surface area is 108 Å². The average Bonchev–Trinajstić information content (AvgIpc) is 2.95. The van der Waals surface area contributed by atoms with Gasteiger partial charge in [-0.2, -0.15) is 5.10 Å². The molecule has 98 valence electrons. The molecule has 0 amide bonds. The SMILES string of the molecule is Cc1cnc(CNS(=O)(=O)c2[nH]ncc2CN)s1. The molecule has 4 N–H and O–H groups in total. The molecule has 0 aromatic carbocycles. The van der Waals surface area contributed by atoms with E-state index >= 15 is 0 Å². The van der Waals surface area contributed by atoms with Crippen LogP contribution in [0.1, 0.15) is 15.4 Å². The minimum Gasteiger partial charge on any atom is -0.326 e. The second-order valence-electron chi connectivity index (χ2n) is 3.62. The lowest BCUT2D eigenvalue weighted by atomic mass is 10.4. The zero-order valence-corrected chi connectivity index (χ0v) is 11.3. The molecule has 18 heavy (non-hydrogen) atoms. The summed E-state index contributed by atoms with van der Waals surface area (Å²) in [6.07, 6.45) is 3.11. The number of hydrogen-bond acceptors (Lipinski definition) is 6. The van der Waals surface area contributed by atoms with Gasteiger partial charge in [0.15, 0.2) is 5.03 Å². The van der Waals surface area contributed by atoms with Gasteiger partial charge >= 0.3 is 0 Å². The van der Waals surface area contributed by atoms with Crippen LogP contribution < -0.4 is 10.5 Å². The van der Waals surface area contributed by atoms with Gasteiger partial charge in [-0.25, -0.2) is 18.1 Å². The van der Waals surface area contributed by atoms with Crippen molar-refractivity contribution in [2.45, 2.75) is 25.0 Å². The summed E-state index contributed by atoms with van der Waals surface area (Å²) in [5.41, 5.74) is 5.90. The Balaban J connectivity index is 2.13. The molecule has 2 rings (SSSR count). The highest BCUT2D eigenvalue weighted by Gasteiger charge is 2.20. The second-order valence-corrected chi connectivity index (χ2v) is 6.64. The minimum atomic E-state index is -3.63. The van der Waals surface area contributed by atoms with Crippen LogP contribution in [-0.2, 0) is 23.1 Å². The van der Waals surface area contributed by atoms with Crippen LogP contribution in [0.5, 0.6) is 0 Å². The smallest absolute Gasteiger partial charge is 0.258 e. The molecular formula is C9H13N5O2S2. The molecule has 0 fully saturated rings. The highest BCUT2D eigenvalue weighted by Crippen LogP contribution is 2.14. The zero-order valence-electron chi connectivity index (χ0n) is 9.67. The fourth-order valence-corrected chi connectivity index (χ4v) is 3.33. The van der Waals surface area contributed by atoms with Gasteiger partial charge in [0, 0.05) is 23.2 Å². The summed E-state index contributed by atoms with van der Waals surface area (Å²) < 4.78 is 26.4. The fourth-order valence-electron chi connectivity index (χ4n) is 1.39. The van der Waals surface area contributed by atoms with Gasteiger partial charge in [-0.1, -0.05) is 0 Å². The van der Waals surface area contributed by atoms with Crippen LogP contribution >= 0.6 is 11.3 Å². The lowest BCUT2D eigenvalue weighted by Gasteiger charge is -2.04. The van der Waals surface area contributed by atoms with E-state index in [9.17, 15) is 8.42 Å². The number of thiazole rings is 1. The summed E-state index contributed by atoms with van der Waals surface area (Å²) in [4.78, 5) is 5.12. The molecule has 0 unspecified atom stereocenters. The van der Waals surface area contributed by atoms with Gasteiger partial charge in [0.2, 0.25) is 0 Å². The van der Waals surface area contributed by atoms with E-state index in [0.717, 1.165) is 4.88 Å². The Morgan fingerprint density at radius 1 is 1.50 bits per heavy atom. The van der Waals surface area contributed by atoms with Gasteiger partial charge in [0.05, 0.1) is 12.7 Å². The molecule has 0 atom stereocenters. The lowest BCUT2D eigenvalue weighted by Crippen LogP contribution is -2.25. The number of sulfonamides is 1. The normalized spacial score (nSPS) is 11.9. The van der Waals surface area contributed by atoms with Gasteiger partial charge in [-0.05, 0) is 6.92 Å². The van der Waals surface area contributed by atoms with Gasteiger partial charge < -0.3 is 5.73 Å².